The van der Waals surface area contributed by atoms with E-state index in [1.807, 2.05) is 12.3 Å². The van der Waals surface area contributed by atoms with Crippen LogP contribution in [0.25, 0.3) is 10.9 Å². The van der Waals surface area contributed by atoms with E-state index >= 15 is 0 Å². The first-order valence-corrected chi connectivity index (χ1v) is 7.57. The molecule has 1 saturated heterocycles. The van der Waals surface area contributed by atoms with Crippen LogP contribution in [0, 0.1) is 0 Å². The lowest BCUT2D eigenvalue weighted by atomic mass is 9.99. The number of fused-ring (bicyclic) bond motifs is 1. The minimum Gasteiger partial charge on any atom is -0.312 e. The van der Waals surface area contributed by atoms with Crippen LogP contribution in [-0.2, 0) is 0 Å². The van der Waals surface area contributed by atoms with Crippen LogP contribution in [0.1, 0.15) is 24.4 Å². The summed E-state index contributed by atoms with van der Waals surface area (Å²) in [7, 11) is 2.07. The fourth-order valence-electron chi connectivity index (χ4n) is 2.72. The molecule has 2 atom stereocenters. The summed E-state index contributed by atoms with van der Waals surface area (Å²) < 4.78 is 0. The summed E-state index contributed by atoms with van der Waals surface area (Å²) >= 11 is 2.10. The Hall–Kier alpha value is -1.06. The Morgan fingerprint density at radius 2 is 2.33 bits per heavy atom. The Morgan fingerprint density at radius 3 is 3.11 bits per heavy atom. The molecule has 2 unspecified atom stereocenters. The third kappa shape index (κ3) is 2.25. The first-order valence-electron chi connectivity index (χ1n) is 6.52. The van der Waals surface area contributed by atoms with Crippen molar-refractivity contribution in [2.75, 3.05) is 12.8 Å². The SMILES string of the molecule is CNC(c1ccc2ncccc2c1)C1CCCS1. The van der Waals surface area contributed by atoms with Crippen LogP contribution in [-0.4, -0.2) is 23.0 Å². The third-order valence-electron chi connectivity index (χ3n) is 3.63. The van der Waals surface area contributed by atoms with Crippen LogP contribution >= 0.6 is 11.8 Å². The van der Waals surface area contributed by atoms with Gasteiger partial charge in [0, 0.05) is 22.9 Å². The Morgan fingerprint density at radius 1 is 1.39 bits per heavy atom. The highest BCUT2D eigenvalue weighted by atomic mass is 32.2. The monoisotopic (exact) mass is 258 g/mol. The number of thioether (sulfide) groups is 1. The van der Waals surface area contributed by atoms with Crippen molar-refractivity contribution in [1.29, 1.82) is 0 Å². The van der Waals surface area contributed by atoms with Crippen LogP contribution < -0.4 is 5.32 Å². The van der Waals surface area contributed by atoms with Crippen molar-refractivity contribution in [1.82, 2.24) is 10.3 Å². The fourth-order valence-corrected chi connectivity index (χ4v) is 4.18. The van der Waals surface area contributed by atoms with Crippen LogP contribution in [0.5, 0.6) is 0 Å². The maximum Gasteiger partial charge on any atom is 0.0702 e. The first kappa shape index (κ1) is 12.0. The molecule has 3 rings (SSSR count). The number of hydrogen-bond donors (Lipinski definition) is 1. The summed E-state index contributed by atoms with van der Waals surface area (Å²) in [6.07, 6.45) is 4.52. The van der Waals surface area contributed by atoms with E-state index in [1.165, 1.54) is 29.5 Å². The molecule has 2 heterocycles. The zero-order chi connectivity index (χ0) is 12.4. The molecule has 3 heteroatoms. The lowest BCUT2D eigenvalue weighted by Crippen LogP contribution is -2.25. The molecule has 1 N–H and O–H groups in total. The molecule has 94 valence electrons. The molecule has 1 aliphatic rings. The summed E-state index contributed by atoms with van der Waals surface area (Å²) in [5.74, 6) is 1.30. The van der Waals surface area contributed by atoms with Crippen LogP contribution in [0.3, 0.4) is 0 Å². The molecular weight excluding hydrogens is 240 g/mol. The van der Waals surface area contributed by atoms with E-state index < -0.39 is 0 Å². The number of pyridine rings is 1. The van der Waals surface area contributed by atoms with Gasteiger partial charge in [-0.25, -0.2) is 0 Å². The highest BCUT2D eigenvalue weighted by molar-refractivity contribution is 8.00. The van der Waals surface area contributed by atoms with Gasteiger partial charge in [-0.2, -0.15) is 11.8 Å². The van der Waals surface area contributed by atoms with Crippen molar-refractivity contribution in [2.24, 2.45) is 0 Å². The minimum atomic E-state index is 0.460. The number of nitrogens with one attached hydrogen (secondary N) is 1. The minimum absolute atomic E-state index is 0.460. The van der Waals surface area contributed by atoms with Crippen molar-refractivity contribution >= 4 is 22.7 Å². The second-order valence-electron chi connectivity index (χ2n) is 4.77. The molecule has 18 heavy (non-hydrogen) atoms. The lowest BCUT2D eigenvalue weighted by Gasteiger charge is -2.23. The predicted molar refractivity (Wildman–Crippen MR) is 79.0 cm³/mol. The van der Waals surface area contributed by atoms with Gasteiger partial charge < -0.3 is 5.32 Å². The standard InChI is InChI=1S/C15H18N2S/c1-16-15(14-5-3-9-18-14)12-6-7-13-11(10-12)4-2-8-17-13/h2,4,6-8,10,14-16H,3,5,9H2,1H3. The molecule has 1 aromatic carbocycles. The first-order chi connectivity index (χ1) is 8.88. The zero-order valence-corrected chi connectivity index (χ0v) is 11.4. The normalized spacial score (nSPS) is 21.3. The number of rotatable bonds is 3. The van der Waals surface area contributed by atoms with Crippen LogP contribution in [0.15, 0.2) is 36.5 Å². The molecule has 1 aromatic heterocycles. The quantitative estimate of drug-likeness (QED) is 0.913. The topological polar surface area (TPSA) is 24.9 Å². The Balaban J connectivity index is 1.96. The van der Waals surface area contributed by atoms with Crippen LogP contribution in [0.2, 0.25) is 0 Å². The van der Waals surface area contributed by atoms with E-state index in [0.717, 1.165) is 5.52 Å². The molecule has 0 amide bonds. The number of nitrogens with zero attached hydrogens (tertiary/aromatic N) is 1. The van der Waals surface area contributed by atoms with Gasteiger partial charge in [0.15, 0.2) is 0 Å². The van der Waals surface area contributed by atoms with Gasteiger partial charge in [-0.15, -0.1) is 0 Å². The van der Waals surface area contributed by atoms with Gasteiger partial charge in [0.2, 0.25) is 0 Å². The lowest BCUT2D eigenvalue weighted by molar-refractivity contribution is 0.552. The second kappa shape index (κ2) is 5.29. The zero-order valence-electron chi connectivity index (χ0n) is 10.6. The van der Waals surface area contributed by atoms with Gasteiger partial charge >= 0.3 is 0 Å². The van der Waals surface area contributed by atoms with E-state index in [4.69, 9.17) is 0 Å². The summed E-state index contributed by atoms with van der Waals surface area (Å²) in [5, 5.41) is 5.43. The van der Waals surface area contributed by atoms with Crippen molar-refractivity contribution < 1.29 is 0 Å². The Bertz CT molecular complexity index is 535. The molecule has 0 radical (unpaired) electrons. The highest BCUT2D eigenvalue weighted by Gasteiger charge is 2.25. The van der Waals surface area contributed by atoms with E-state index in [-0.39, 0.29) is 0 Å². The molecule has 2 aromatic rings. The fraction of sp³-hybridized carbons (Fsp3) is 0.400. The molecule has 0 aliphatic carbocycles. The molecule has 0 saturated carbocycles. The molecular formula is C15H18N2S. The number of benzene rings is 1. The van der Waals surface area contributed by atoms with Gasteiger partial charge in [-0.3, -0.25) is 4.98 Å². The number of hydrogen-bond acceptors (Lipinski definition) is 3. The molecule has 2 nitrogen and oxygen atoms in total. The Kier molecular flexibility index (Phi) is 3.52. The molecule has 1 fully saturated rings. The average molecular weight is 258 g/mol. The van der Waals surface area contributed by atoms with Crippen molar-refractivity contribution in [2.45, 2.75) is 24.1 Å². The largest absolute Gasteiger partial charge is 0.312 e. The maximum atomic E-state index is 4.38. The van der Waals surface area contributed by atoms with Crippen LogP contribution in [0.4, 0.5) is 0 Å². The van der Waals surface area contributed by atoms with Gasteiger partial charge in [-0.1, -0.05) is 12.1 Å². The molecule has 0 bridgehead atoms. The summed E-state index contributed by atoms with van der Waals surface area (Å²) in [5.41, 5.74) is 2.47. The maximum absolute atomic E-state index is 4.38. The predicted octanol–water partition coefficient (Wildman–Crippen LogP) is 3.39. The van der Waals surface area contributed by atoms with E-state index in [0.29, 0.717) is 11.3 Å². The summed E-state index contributed by atoms with van der Waals surface area (Å²) in [6, 6.07) is 11.2. The molecule has 1 aliphatic heterocycles. The van der Waals surface area contributed by atoms with Crippen molar-refractivity contribution in [3.05, 3.63) is 42.1 Å². The van der Waals surface area contributed by atoms with Gasteiger partial charge in [-0.05, 0) is 49.4 Å². The van der Waals surface area contributed by atoms with E-state index in [9.17, 15) is 0 Å². The van der Waals surface area contributed by atoms with E-state index in [2.05, 4.69) is 53.4 Å². The van der Waals surface area contributed by atoms with Crippen molar-refractivity contribution in [3.63, 3.8) is 0 Å². The second-order valence-corrected chi connectivity index (χ2v) is 6.12. The third-order valence-corrected chi connectivity index (χ3v) is 5.09. The smallest absolute Gasteiger partial charge is 0.0702 e. The highest BCUT2D eigenvalue weighted by Crippen LogP contribution is 2.36. The average Bonchev–Trinajstić information content (AvgIpc) is 2.93. The summed E-state index contributed by atoms with van der Waals surface area (Å²) in [4.78, 5) is 4.38. The molecule has 0 spiro atoms. The number of aromatic nitrogens is 1. The van der Waals surface area contributed by atoms with Crippen molar-refractivity contribution in [3.8, 4) is 0 Å². The van der Waals surface area contributed by atoms with Gasteiger partial charge in [0.1, 0.15) is 0 Å². The van der Waals surface area contributed by atoms with Gasteiger partial charge in [0.25, 0.3) is 0 Å². The summed E-state index contributed by atoms with van der Waals surface area (Å²) in [6.45, 7) is 0. The Labute approximate surface area is 112 Å². The van der Waals surface area contributed by atoms with Gasteiger partial charge in [0.05, 0.1) is 5.52 Å². The van der Waals surface area contributed by atoms with E-state index in [1.54, 1.807) is 0 Å².